The lowest BCUT2D eigenvalue weighted by molar-refractivity contribution is 0.0614. The van der Waals surface area contributed by atoms with Crippen LogP contribution in [0.1, 0.15) is 31.5 Å². The summed E-state index contributed by atoms with van der Waals surface area (Å²) in [5.74, 6) is 1.11. The zero-order valence-corrected chi connectivity index (χ0v) is 9.42. The van der Waals surface area contributed by atoms with E-state index in [1.165, 1.54) is 6.07 Å². The molecule has 0 amide bonds. The molecule has 88 valence electrons. The van der Waals surface area contributed by atoms with Crippen molar-refractivity contribution in [2.24, 2.45) is 0 Å². The van der Waals surface area contributed by atoms with Crippen LogP contribution in [0.2, 0.25) is 0 Å². The fourth-order valence-corrected chi connectivity index (χ4v) is 2.13. The van der Waals surface area contributed by atoms with Gasteiger partial charge in [-0.05, 0) is 19.8 Å². The van der Waals surface area contributed by atoms with E-state index in [9.17, 15) is 9.90 Å². The first-order valence-electron chi connectivity index (χ1n) is 5.62. The number of aromatic amines is 1. The molecule has 1 aromatic rings. The Kier molecular flexibility index (Phi) is 2.96. The molecule has 0 spiro atoms. The molecule has 0 radical (unpaired) electrons. The van der Waals surface area contributed by atoms with Crippen LogP contribution in [0.5, 0.6) is 0 Å². The Balaban J connectivity index is 2.01. The van der Waals surface area contributed by atoms with Crippen molar-refractivity contribution in [1.82, 2.24) is 9.97 Å². The SMILES string of the molecule is Cc1nc(NCC2(O)CCCC2)cc(=O)[nH]1. The van der Waals surface area contributed by atoms with Crippen LogP contribution in [0.4, 0.5) is 5.82 Å². The Hall–Kier alpha value is -1.36. The minimum atomic E-state index is -0.627. The maximum Gasteiger partial charge on any atom is 0.252 e. The first kappa shape index (κ1) is 11.1. The fraction of sp³-hybridized carbons (Fsp3) is 0.636. The molecule has 1 aromatic heterocycles. The molecular weight excluding hydrogens is 206 g/mol. The van der Waals surface area contributed by atoms with E-state index in [1.54, 1.807) is 6.92 Å². The molecule has 0 aromatic carbocycles. The van der Waals surface area contributed by atoms with Gasteiger partial charge in [-0.1, -0.05) is 12.8 Å². The van der Waals surface area contributed by atoms with Gasteiger partial charge in [0, 0.05) is 12.6 Å². The predicted molar refractivity (Wildman–Crippen MR) is 61.5 cm³/mol. The van der Waals surface area contributed by atoms with E-state index in [0.29, 0.717) is 18.2 Å². The maximum atomic E-state index is 11.2. The molecule has 0 bridgehead atoms. The van der Waals surface area contributed by atoms with Gasteiger partial charge in [0.2, 0.25) is 0 Å². The van der Waals surface area contributed by atoms with Gasteiger partial charge >= 0.3 is 0 Å². The lowest BCUT2D eigenvalue weighted by atomic mass is 10.0. The van der Waals surface area contributed by atoms with Crippen LogP contribution < -0.4 is 10.9 Å². The molecule has 0 unspecified atom stereocenters. The molecule has 1 fully saturated rings. The number of nitrogens with zero attached hydrogens (tertiary/aromatic N) is 1. The molecule has 5 heteroatoms. The normalized spacial score (nSPS) is 18.6. The molecule has 1 aliphatic rings. The van der Waals surface area contributed by atoms with E-state index in [0.717, 1.165) is 25.7 Å². The van der Waals surface area contributed by atoms with Crippen molar-refractivity contribution in [2.45, 2.75) is 38.2 Å². The third-order valence-electron chi connectivity index (χ3n) is 2.99. The third-order valence-corrected chi connectivity index (χ3v) is 2.99. The summed E-state index contributed by atoms with van der Waals surface area (Å²) < 4.78 is 0. The number of aryl methyl sites for hydroxylation is 1. The van der Waals surface area contributed by atoms with Crippen LogP contribution in [-0.4, -0.2) is 27.2 Å². The zero-order chi connectivity index (χ0) is 11.6. The van der Waals surface area contributed by atoms with Gasteiger partial charge in [0.25, 0.3) is 5.56 Å². The van der Waals surface area contributed by atoms with Gasteiger partial charge in [-0.25, -0.2) is 4.98 Å². The van der Waals surface area contributed by atoms with Gasteiger partial charge in [0.15, 0.2) is 0 Å². The van der Waals surface area contributed by atoms with Crippen molar-refractivity contribution in [3.05, 3.63) is 22.2 Å². The van der Waals surface area contributed by atoms with Gasteiger partial charge in [0.05, 0.1) is 5.60 Å². The minimum absolute atomic E-state index is 0.173. The number of rotatable bonds is 3. The van der Waals surface area contributed by atoms with Crippen molar-refractivity contribution in [1.29, 1.82) is 0 Å². The number of hydrogen-bond acceptors (Lipinski definition) is 4. The van der Waals surface area contributed by atoms with E-state index in [2.05, 4.69) is 15.3 Å². The van der Waals surface area contributed by atoms with Crippen molar-refractivity contribution in [2.75, 3.05) is 11.9 Å². The lowest BCUT2D eigenvalue weighted by Gasteiger charge is -2.22. The molecule has 1 saturated carbocycles. The fourth-order valence-electron chi connectivity index (χ4n) is 2.13. The first-order chi connectivity index (χ1) is 7.57. The Morgan fingerprint density at radius 3 is 2.88 bits per heavy atom. The highest BCUT2D eigenvalue weighted by Gasteiger charge is 2.30. The van der Waals surface area contributed by atoms with E-state index in [4.69, 9.17) is 0 Å². The summed E-state index contributed by atoms with van der Waals surface area (Å²) in [4.78, 5) is 17.9. The summed E-state index contributed by atoms with van der Waals surface area (Å²) >= 11 is 0. The van der Waals surface area contributed by atoms with E-state index < -0.39 is 5.60 Å². The van der Waals surface area contributed by atoms with Gasteiger partial charge in [-0.3, -0.25) is 4.79 Å². The Bertz CT molecular complexity index is 421. The van der Waals surface area contributed by atoms with E-state index >= 15 is 0 Å². The lowest BCUT2D eigenvalue weighted by Crippen LogP contribution is -2.34. The highest BCUT2D eigenvalue weighted by Crippen LogP contribution is 2.29. The van der Waals surface area contributed by atoms with Gasteiger partial charge in [-0.2, -0.15) is 0 Å². The standard InChI is InChI=1S/C11H17N3O2/c1-8-13-9(6-10(15)14-8)12-7-11(16)4-2-3-5-11/h6,16H,2-5,7H2,1H3,(H2,12,13,14,15). The zero-order valence-electron chi connectivity index (χ0n) is 9.42. The van der Waals surface area contributed by atoms with Gasteiger partial charge in [0.1, 0.15) is 11.6 Å². The summed E-state index contributed by atoms with van der Waals surface area (Å²) in [6.07, 6.45) is 3.78. The predicted octanol–water partition coefficient (Wildman–Crippen LogP) is 0.795. The monoisotopic (exact) mass is 223 g/mol. The number of nitrogens with one attached hydrogen (secondary N) is 2. The first-order valence-corrected chi connectivity index (χ1v) is 5.62. The van der Waals surface area contributed by atoms with Crippen molar-refractivity contribution in [3.8, 4) is 0 Å². The summed E-state index contributed by atoms with van der Waals surface area (Å²) in [7, 11) is 0. The molecule has 5 nitrogen and oxygen atoms in total. The Morgan fingerprint density at radius 2 is 2.25 bits per heavy atom. The average Bonchev–Trinajstić information content (AvgIpc) is 2.62. The minimum Gasteiger partial charge on any atom is -0.388 e. The number of anilines is 1. The highest BCUT2D eigenvalue weighted by molar-refractivity contribution is 5.33. The molecule has 1 heterocycles. The topological polar surface area (TPSA) is 78.0 Å². The molecule has 2 rings (SSSR count). The molecule has 0 saturated heterocycles. The van der Waals surface area contributed by atoms with E-state index in [1.807, 2.05) is 0 Å². The number of aromatic nitrogens is 2. The molecule has 3 N–H and O–H groups in total. The Morgan fingerprint density at radius 1 is 1.56 bits per heavy atom. The van der Waals surface area contributed by atoms with Crippen LogP contribution in [0.3, 0.4) is 0 Å². The molecule has 0 atom stereocenters. The van der Waals surface area contributed by atoms with Crippen LogP contribution in [-0.2, 0) is 0 Å². The smallest absolute Gasteiger partial charge is 0.252 e. The van der Waals surface area contributed by atoms with Gasteiger partial charge < -0.3 is 15.4 Å². The van der Waals surface area contributed by atoms with Crippen molar-refractivity contribution in [3.63, 3.8) is 0 Å². The summed E-state index contributed by atoms with van der Waals surface area (Å²) in [5.41, 5.74) is -0.800. The summed E-state index contributed by atoms with van der Waals surface area (Å²) in [6.45, 7) is 2.19. The van der Waals surface area contributed by atoms with Crippen molar-refractivity contribution < 1.29 is 5.11 Å². The maximum absolute atomic E-state index is 11.2. The quantitative estimate of drug-likeness (QED) is 0.708. The average molecular weight is 223 g/mol. The van der Waals surface area contributed by atoms with E-state index in [-0.39, 0.29) is 5.56 Å². The molecule has 0 aliphatic heterocycles. The number of aliphatic hydroxyl groups is 1. The van der Waals surface area contributed by atoms with Crippen LogP contribution in [0, 0.1) is 6.92 Å². The number of H-pyrrole nitrogens is 1. The second-order valence-electron chi connectivity index (χ2n) is 4.50. The largest absolute Gasteiger partial charge is 0.388 e. The molecular formula is C11H17N3O2. The second-order valence-corrected chi connectivity index (χ2v) is 4.50. The Labute approximate surface area is 93.9 Å². The van der Waals surface area contributed by atoms with Crippen molar-refractivity contribution >= 4 is 5.82 Å². The summed E-state index contributed by atoms with van der Waals surface area (Å²) in [6, 6.07) is 1.41. The number of hydrogen-bond donors (Lipinski definition) is 3. The van der Waals surface area contributed by atoms with Crippen LogP contribution in [0.15, 0.2) is 10.9 Å². The molecule has 1 aliphatic carbocycles. The van der Waals surface area contributed by atoms with Crippen LogP contribution in [0.25, 0.3) is 0 Å². The highest BCUT2D eigenvalue weighted by atomic mass is 16.3. The van der Waals surface area contributed by atoms with Gasteiger partial charge in [-0.15, -0.1) is 0 Å². The van der Waals surface area contributed by atoms with Crippen LogP contribution >= 0.6 is 0 Å². The third kappa shape index (κ3) is 2.61. The molecule has 16 heavy (non-hydrogen) atoms. The summed E-state index contributed by atoms with van der Waals surface area (Å²) in [5, 5.41) is 13.1. The second kappa shape index (κ2) is 4.25.